The molecule has 0 bridgehead atoms. The topological polar surface area (TPSA) is 43.4 Å². The third-order valence-electron chi connectivity index (χ3n) is 1.45. The van der Waals surface area contributed by atoms with Crippen molar-refractivity contribution in [3.05, 3.63) is 0 Å². The molecule has 0 N–H and O–H groups in total. The van der Waals surface area contributed by atoms with Crippen LogP contribution in [-0.4, -0.2) is 26.2 Å². The second-order valence-electron chi connectivity index (χ2n) is 2.44. The van der Waals surface area contributed by atoms with Crippen LogP contribution in [0.3, 0.4) is 0 Å². The monoisotopic (exact) mass is 166 g/mol. The van der Waals surface area contributed by atoms with Crippen molar-refractivity contribution in [1.29, 1.82) is 0 Å². The second kappa shape index (κ2) is 3.34. The van der Waals surface area contributed by atoms with Gasteiger partial charge in [0.25, 0.3) is 0 Å². The fourth-order valence-corrected chi connectivity index (χ4v) is 1.55. The Bertz CT molecular complexity index is 181. The summed E-state index contributed by atoms with van der Waals surface area (Å²) in [6.45, 7) is 4.82. The molecule has 0 rings (SSSR count). The molecule has 1 atom stereocenters. The number of hydrogen-bond acceptors (Lipinski definition) is 3. The zero-order valence-corrected chi connectivity index (χ0v) is 7.60. The molecule has 0 heterocycles. The van der Waals surface area contributed by atoms with Gasteiger partial charge >= 0.3 is 0 Å². The van der Waals surface area contributed by atoms with E-state index in [9.17, 15) is 8.42 Å². The molecule has 0 aromatic rings. The van der Waals surface area contributed by atoms with Gasteiger partial charge < -0.3 is 4.74 Å². The Hall–Kier alpha value is -0.0900. The fraction of sp³-hybridized carbons (Fsp3) is 1.00. The SMILES string of the molecule is COC(C)S(=O)(=O)C(C)C. The van der Waals surface area contributed by atoms with E-state index in [2.05, 4.69) is 4.74 Å². The Balaban J connectivity index is 4.42. The summed E-state index contributed by atoms with van der Waals surface area (Å²) in [4.78, 5) is 0. The van der Waals surface area contributed by atoms with E-state index in [-0.39, 0.29) is 5.25 Å². The van der Waals surface area contributed by atoms with Crippen molar-refractivity contribution < 1.29 is 13.2 Å². The highest BCUT2D eigenvalue weighted by Gasteiger charge is 2.23. The predicted octanol–water partition coefficient (Wildman–Crippen LogP) is 0.802. The molecular weight excluding hydrogens is 152 g/mol. The molecule has 0 amide bonds. The van der Waals surface area contributed by atoms with Crippen molar-refractivity contribution in [2.24, 2.45) is 0 Å². The van der Waals surface area contributed by atoms with E-state index in [1.54, 1.807) is 13.8 Å². The smallest absolute Gasteiger partial charge is 0.179 e. The van der Waals surface area contributed by atoms with Gasteiger partial charge in [-0.05, 0) is 20.8 Å². The van der Waals surface area contributed by atoms with Crippen LogP contribution in [-0.2, 0) is 14.6 Å². The van der Waals surface area contributed by atoms with Crippen LogP contribution in [0.4, 0.5) is 0 Å². The number of ether oxygens (including phenoxy) is 1. The van der Waals surface area contributed by atoms with E-state index in [4.69, 9.17) is 0 Å². The molecule has 4 heteroatoms. The lowest BCUT2D eigenvalue weighted by Crippen LogP contribution is -2.27. The summed E-state index contributed by atoms with van der Waals surface area (Å²) < 4.78 is 27.0. The van der Waals surface area contributed by atoms with Crippen LogP contribution in [0.2, 0.25) is 0 Å². The van der Waals surface area contributed by atoms with E-state index in [0.29, 0.717) is 0 Å². The highest BCUT2D eigenvalue weighted by molar-refractivity contribution is 7.92. The van der Waals surface area contributed by atoms with Crippen molar-refractivity contribution in [3.63, 3.8) is 0 Å². The molecule has 0 fully saturated rings. The third-order valence-corrected chi connectivity index (χ3v) is 3.88. The maximum Gasteiger partial charge on any atom is 0.179 e. The first-order chi connectivity index (χ1) is 4.42. The Morgan fingerprint density at radius 2 is 1.60 bits per heavy atom. The first-order valence-electron chi connectivity index (χ1n) is 3.18. The van der Waals surface area contributed by atoms with Gasteiger partial charge in [-0.3, -0.25) is 0 Å². The van der Waals surface area contributed by atoms with Crippen molar-refractivity contribution in [1.82, 2.24) is 0 Å². The van der Waals surface area contributed by atoms with Crippen LogP contribution in [0.15, 0.2) is 0 Å². The average Bonchev–Trinajstić information content (AvgIpc) is 1.86. The zero-order valence-electron chi connectivity index (χ0n) is 6.79. The lowest BCUT2D eigenvalue weighted by molar-refractivity contribution is 0.177. The summed E-state index contributed by atoms with van der Waals surface area (Å²) >= 11 is 0. The van der Waals surface area contributed by atoms with Crippen LogP contribution in [0.1, 0.15) is 20.8 Å². The van der Waals surface area contributed by atoms with Crippen LogP contribution >= 0.6 is 0 Å². The summed E-state index contributed by atoms with van der Waals surface area (Å²) in [5, 5.41) is -0.359. The normalized spacial score (nSPS) is 15.7. The predicted molar refractivity (Wildman–Crippen MR) is 40.5 cm³/mol. The number of rotatable bonds is 3. The number of methoxy groups -OCH3 is 1. The van der Waals surface area contributed by atoms with Gasteiger partial charge in [0.05, 0.1) is 5.25 Å². The standard InChI is InChI=1S/C6H14O3S/c1-5(2)10(7,8)6(3)9-4/h5-6H,1-4H3. The maximum atomic E-state index is 11.1. The molecule has 0 aromatic carbocycles. The molecule has 0 saturated carbocycles. The molecule has 0 aliphatic carbocycles. The van der Waals surface area contributed by atoms with Crippen LogP contribution in [0, 0.1) is 0 Å². The highest BCUT2D eigenvalue weighted by atomic mass is 32.2. The molecule has 1 unspecified atom stereocenters. The van der Waals surface area contributed by atoms with Crippen molar-refractivity contribution in [2.45, 2.75) is 31.5 Å². The van der Waals surface area contributed by atoms with Crippen molar-refractivity contribution in [2.75, 3.05) is 7.11 Å². The van der Waals surface area contributed by atoms with Gasteiger partial charge in [0.2, 0.25) is 0 Å². The number of hydrogen-bond donors (Lipinski definition) is 0. The fourth-order valence-electron chi connectivity index (χ4n) is 0.517. The van der Waals surface area contributed by atoms with Crippen LogP contribution in [0.5, 0.6) is 0 Å². The minimum absolute atomic E-state index is 0.359. The van der Waals surface area contributed by atoms with Crippen molar-refractivity contribution >= 4 is 9.84 Å². The Kier molecular flexibility index (Phi) is 3.31. The first-order valence-corrected chi connectivity index (χ1v) is 4.79. The minimum Gasteiger partial charge on any atom is -0.366 e. The third kappa shape index (κ3) is 1.95. The van der Waals surface area contributed by atoms with E-state index in [1.165, 1.54) is 14.0 Å². The van der Waals surface area contributed by atoms with E-state index >= 15 is 0 Å². The first kappa shape index (κ1) is 9.91. The van der Waals surface area contributed by atoms with E-state index in [1.807, 2.05) is 0 Å². The summed E-state index contributed by atoms with van der Waals surface area (Å²) in [5.41, 5.74) is -0.688. The lowest BCUT2D eigenvalue weighted by atomic mass is 10.6. The van der Waals surface area contributed by atoms with Crippen LogP contribution in [0.25, 0.3) is 0 Å². The molecule has 0 aromatic heterocycles. The molecule has 0 aliphatic rings. The van der Waals surface area contributed by atoms with Gasteiger partial charge in [0, 0.05) is 7.11 Å². The maximum absolute atomic E-state index is 11.1. The second-order valence-corrected chi connectivity index (χ2v) is 5.23. The minimum atomic E-state index is -3.05. The Morgan fingerprint density at radius 3 is 1.70 bits per heavy atom. The Morgan fingerprint density at radius 1 is 1.20 bits per heavy atom. The lowest BCUT2D eigenvalue weighted by Gasteiger charge is -2.13. The Labute approximate surface area is 62.3 Å². The van der Waals surface area contributed by atoms with Gasteiger partial charge in [-0.25, -0.2) is 8.42 Å². The van der Waals surface area contributed by atoms with Gasteiger partial charge in [-0.1, -0.05) is 0 Å². The quantitative estimate of drug-likeness (QED) is 0.623. The molecule has 62 valence electrons. The molecule has 3 nitrogen and oxygen atoms in total. The molecule has 0 radical (unpaired) electrons. The summed E-state index contributed by atoms with van der Waals surface area (Å²) in [7, 11) is -1.66. The van der Waals surface area contributed by atoms with Gasteiger partial charge in [0.15, 0.2) is 15.3 Å². The van der Waals surface area contributed by atoms with E-state index in [0.717, 1.165) is 0 Å². The summed E-state index contributed by atoms with van der Waals surface area (Å²) in [6.07, 6.45) is 0. The van der Waals surface area contributed by atoms with Gasteiger partial charge in [-0.2, -0.15) is 0 Å². The summed E-state index contributed by atoms with van der Waals surface area (Å²) in [5.74, 6) is 0. The number of sulfone groups is 1. The van der Waals surface area contributed by atoms with Crippen molar-refractivity contribution in [3.8, 4) is 0 Å². The highest BCUT2D eigenvalue weighted by Crippen LogP contribution is 2.08. The zero-order chi connectivity index (χ0) is 8.36. The molecule has 0 saturated heterocycles. The van der Waals surface area contributed by atoms with E-state index < -0.39 is 15.3 Å². The molecular formula is C6H14O3S. The largest absolute Gasteiger partial charge is 0.366 e. The van der Waals surface area contributed by atoms with Gasteiger partial charge in [-0.15, -0.1) is 0 Å². The van der Waals surface area contributed by atoms with Gasteiger partial charge in [0.1, 0.15) is 0 Å². The molecule has 0 aliphatic heterocycles. The summed E-state index contributed by atoms with van der Waals surface area (Å²) in [6, 6.07) is 0. The average molecular weight is 166 g/mol. The molecule has 10 heavy (non-hydrogen) atoms. The van der Waals surface area contributed by atoms with Crippen LogP contribution < -0.4 is 0 Å². The molecule has 0 spiro atoms.